The number of hydrogen-bond acceptors (Lipinski definition) is 6. The SMILES string of the molecule is COC(=O)c1scc(C)c1S(=O)(=O)N(C)Cc1cccs1. The van der Waals surface area contributed by atoms with Crippen LogP contribution in [0.4, 0.5) is 0 Å². The van der Waals surface area contributed by atoms with Gasteiger partial charge < -0.3 is 4.74 Å². The third kappa shape index (κ3) is 3.18. The molecule has 2 aromatic heterocycles. The number of ether oxygens (including phenoxy) is 1. The average Bonchev–Trinajstić information content (AvgIpc) is 3.07. The first-order chi connectivity index (χ1) is 9.87. The van der Waals surface area contributed by atoms with Gasteiger partial charge in [0.05, 0.1) is 7.11 Å². The molecule has 0 fully saturated rings. The summed E-state index contributed by atoms with van der Waals surface area (Å²) >= 11 is 2.57. The van der Waals surface area contributed by atoms with Gasteiger partial charge in [-0.1, -0.05) is 6.07 Å². The lowest BCUT2D eigenvalue weighted by atomic mass is 10.3. The minimum absolute atomic E-state index is 0.0402. The molecule has 0 N–H and O–H groups in total. The molecule has 0 radical (unpaired) electrons. The van der Waals surface area contributed by atoms with Crippen LogP contribution in [-0.4, -0.2) is 32.8 Å². The van der Waals surface area contributed by atoms with E-state index in [1.54, 1.807) is 12.3 Å². The van der Waals surface area contributed by atoms with E-state index >= 15 is 0 Å². The second kappa shape index (κ2) is 6.27. The average molecular weight is 345 g/mol. The van der Waals surface area contributed by atoms with Crippen LogP contribution in [0.25, 0.3) is 0 Å². The Labute approximate surface area is 131 Å². The largest absolute Gasteiger partial charge is 0.465 e. The molecule has 0 aromatic carbocycles. The summed E-state index contributed by atoms with van der Waals surface area (Å²) in [5.74, 6) is -0.629. The van der Waals surface area contributed by atoms with Gasteiger partial charge in [-0.2, -0.15) is 4.31 Å². The first-order valence-electron chi connectivity index (χ1n) is 6.03. The van der Waals surface area contributed by atoms with Crippen molar-refractivity contribution in [1.82, 2.24) is 4.31 Å². The molecule has 0 aliphatic heterocycles. The van der Waals surface area contributed by atoms with Crippen LogP contribution in [0.5, 0.6) is 0 Å². The number of carbonyl (C=O) groups is 1. The molecule has 0 saturated heterocycles. The lowest BCUT2D eigenvalue weighted by Gasteiger charge is -2.17. The molecule has 0 amide bonds. The van der Waals surface area contributed by atoms with Crippen molar-refractivity contribution in [3.63, 3.8) is 0 Å². The number of esters is 1. The molecule has 2 aromatic rings. The number of carbonyl (C=O) groups excluding carboxylic acids is 1. The molecule has 2 rings (SSSR count). The molecule has 114 valence electrons. The maximum absolute atomic E-state index is 12.7. The van der Waals surface area contributed by atoms with Crippen LogP contribution in [-0.2, 0) is 21.3 Å². The van der Waals surface area contributed by atoms with Crippen LogP contribution in [0.3, 0.4) is 0 Å². The minimum Gasteiger partial charge on any atom is -0.465 e. The van der Waals surface area contributed by atoms with Gasteiger partial charge in [-0.25, -0.2) is 13.2 Å². The number of nitrogens with zero attached hydrogens (tertiary/aromatic N) is 1. The summed E-state index contributed by atoms with van der Waals surface area (Å²) in [7, 11) is -0.992. The number of hydrogen-bond donors (Lipinski definition) is 0. The maximum atomic E-state index is 12.7. The van der Waals surface area contributed by atoms with E-state index in [0.717, 1.165) is 16.2 Å². The van der Waals surface area contributed by atoms with Gasteiger partial charge in [0.1, 0.15) is 9.77 Å². The number of methoxy groups -OCH3 is 1. The van der Waals surface area contributed by atoms with Gasteiger partial charge in [0.25, 0.3) is 0 Å². The fourth-order valence-corrected chi connectivity index (χ4v) is 5.49. The summed E-state index contributed by atoms with van der Waals surface area (Å²) in [6.07, 6.45) is 0. The molecule has 0 bridgehead atoms. The van der Waals surface area contributed by atoms with Crippen LogP contribution < -0.4 is 0 Å². The van der Waals surface area contributed by atoms with Gasteiger partial charge in [-0.05, 0) is 29.3 Å². The fourth-order valence-electron chi connectivity index (χ4n) is 1.85. The van der Waals surface area contributed by atoms with E-state index in [4.69, 9.17) is 0 Å². The Bertz CT molecular complexity index is 732. The third-order valence-corrected chi connectivity index (χ3v) is 6.98. The van der Waals surface area contributed by atoms with E-state index in [1.807, 2.05) is 17.5 Å². The topological polar surface area (TPSA) is 63.7 Å². The molecule has 0 spiro atoms. The Kier molecular flexibility index (Phi) is 4.82. The van der Waals surface area contributed by atoms with Gasteiger partial charge in [0, 0.05) is 18.5 Å². The molecule has 0 atom stereocenters. The predicted octanol–water partition coefficient (Wildman–Crippen LogP) is 2.73. The van der Waals surface area contributed by atoms with Crippen molar-refractivity contribution in [3.8, 4) is 0 Å². The van der Waals surface area contributed by atoms with Gasteiger partial charge in [-0.3, -0.25) is 0 Å². The minimum atomic E-state index is -3.74. The van der Waals surface area contributed by atoms with Crippen molar-refractivity contribution in [3.05, 3.63) is 38.2 Å². The fraction of sp³-hybridized carbons (Fsp3) is 0.308. The van der Waals surface area contributed by atoms with Crippen molar-refractivity contribution in [2.75, 3.05) is 14.2 Å². The van der Waals surface area contributed by atoms with Crippen LogP contribution in [0.1, 0.15) is 20.1 Å². The highest BCUT2D eigenvalue weighted by Crippen LogP contribution is 2.30. The monoisotopic (exact) mass is 345 g/mol. The smallest absolute Gasteiger partial charge is 0.349 e. The molecule has 5 nitrogen and oxygen atoms in total. The number of sulfonamides is 1. The summed E-state index contributed by atoms with van der Waals surface area (Å²) in [5.41, 5.74) is 0.554. The third-order valence-electron chi connectivity index (χ3n) is 2.92. The number of rotatable bonds is 5. The van der Waals surface area contributed by atoms with Gasteiger partial charge in [0.15, 0.2) is 0 Å². The zero-order chi connectivity index (χ0) is 15.6. The van der Waals surface area contributed by atoms with Crippen molar-refractivity contribution in [2.24, 2.45) is 0 Å². The van der Waals surface area contributed by atoms with Crippen molar-refractivity contribution < 1.29 is 17.9 Å². The van der Waals surface area contributed by atoms with E-state index in [2.05, 4.69) is 4.74 Å². The van der Waals surface area contributed by atoms with Crippen LogP contribution >= 0.6 is 22.7 Å². The first kappa shape index (κ1) is 16.2. The Hall–Kier alpha value is -1.22. The van der Waals surface area contributed by atoms with Gasteiger partial charge in [-0.15, -0.1) is 22.7 Å². The zero-order valence-corrected chi connectivity index (χ0v) is 14.3. The highest BCUT2D eigenvalue weighted by Gasteiger charge is 2.30. The second-order valence-corrected chi connectivity index (χ2v) is 8.30. The first-order valence-corrected chi connectivity index (χ1v) is 9.23. The van der Waals surface area contributed by atoms with Gasteiger partial charge >= 0.3 is 5.97 Å². The molecule has 0 saturated carbocycles. The van der Waals surface area contributed by atoms with Crippen molar-refractivity contribution in [1.29, 1.82) is 0 Å². The quantitative estimate of drug-likeness (QED) is 0.782. The summed E-state index contributed by atoms with van der Waals surface area (Å²) in [6, 6.07) is 3.74. The second-order valence-electron chi connectivity index (χ2n) is 4.41. The van der Waals surface area contributed by atoms with E-state index in [0.29, 0.717) is 5.56 Å². The lowest BCUT2D eigenvalue weighted by Crippen LogP contribution is -2.27. The maximum Gasteiger partial charge on any atom is 0.349 e. The Morgan fingerprint density at radius 3 is 2.67 bits per heavy atom. The van der Waals surface area contributed by atoms with E-state index < -0.39 is 16.0 Å². The van der Waals surface area contributed by atoms with Crippen LogP contribution in [0.2, 0.25) is 0 Å². The molecule has 21 heavy (non-hydrogen) atoms. The number of aryl methyl sites for hydroxylation is 1. The van der Waals surface area contributed by atoms with Crippen LogP contribution in [0.15, 0.2) is 27.8 Å². The van der Waals surface area contributed by atoms with E-state index in [1.165, 1.54) is 29.8 Å². The molecular formula is C13H15NO4S3. The zero-order valence-electron chi connectivity index (χ0n) is 11.8. The Morgan fingerprint density at radius 1 is 1.38 bits per heavy atom. The van der Waals surface area contributed by atoms with E-state index in [9.17, 15) is 13.2 Å². The van der Waals surface area contributed by atoms with Crippen molar-refractivity contribution in [2.45, 2.75) is 18.4 Å². The molecular weight excluding hydrogens is 330 g/mol. The number of thiophene rings is 2. The Balaban J connectivity index is 2.39. The summed E-state index contributed by atoms with van der Waals surface area (Å²) < 4.78 is 31.3. The normalized spacial score (nSPS) is 11.8. The highest BCUT2D eigenvalue weighted by molar-refractivity contribution is 7.89. The summed E-state index contributed by atoms with van der Waals surface area (Å²) in [4.78, 5) is 12.8. The lowest BCUT2D eigenvalue weighted by molar-refractivity contribution is 0.0602. The predicted molar refractivity (Wildman–Crippen MR) is 83.4 cm³/mol. The Morgan fingerprint density at radius 2 is 2.10 bits per heavy atom. The molecule has 0 aliphatic rings. The molecule has 2 heterocycles. The van der Waals surface area contributed by atoms with Crippen LogP contribution in [0, 0.1) is 6.92 Å². The molecule has 8 heteroatoms. The van der Waals surface area contributed by atoms with Crippen molar-refractivity contribution >= 4 is 38.7 Å². The molecule has 0 aliphatic carbocycles. The molecule has 0 unspecified atom stereocenters. The summed E-state index contributed by atoms with van der Waals surface area (Å²) in [5, 5.41) is 3.55. The summed E-state index contributed by atoms with van der Waals surface area (Å²) in [6.45, 7) is 1.95. The highest BCUT2D eigenvalue weighted by atomic mass is 32.2. The van der Waals surface area contributed by atoms with E-state index in [-0.39, 0.29) is 16.3 Å². The van der Waals surface area contributed by atoms with Gasteiger partial charge in [0.2, 0.25) is 10.0 Å². The standard InChI is InChI=1S/C13H15NO4S3/c1-9-8-20-11(13(15)18-3)12(9)21(16,17)14(2)7-10-5-4-6-19-10/h4-6,8H,7H2,1-3H3.